The second-order valence-corrected chi connectivity index (χ2v) is 3.76. The van der Waals surface area contributed by atoms with Gasteiger partial charge >= 0.3 is 0 Å². The van der Waals surface area contributed by atoms with Gasteiger partial charge in [0.1, 0.15) is 5.84 Å². The summed E-state index contributed by atoms with van der Waals surface area (Å²) >= 11 is 0. The van der Waals surface area contributed by atoms with Gasteiger partial charge in [0.05, 0.1) is 18.2 Å². The first-order valence-corrected chi connectivity index (χ1v) is 5.33. The molecule has 0 unspecified atom stereocenters. The topological polar surface area (TPSA) is 55.7 Å². The molecule has 0 atom stereocenters. The van der Waals surface area contributed by atoms with E-state index in [1.54, 1.807) is 4.90 Å². The molecule has 4 heteroatoms. The van der Waals surface area contributed by atoms with Crippen LogP contribution in [0.15, 0.2) is 35.3 Å². The molecule has 1 saturated heterocycles. The van der Waals surface area contributed by atoms with Crippen LogP contribution in [0.2, 0.25) is 0 Å². The fraction of sp³-hybridized carbons (Fsp3) is 0.333. The van der Waals surface area contributed by atoms with Crippen molar-refractivity contribution in [2.45, 2.75) is 12.8 Å². The summed E-state index contributed by atoms with van der Waals surface area (Å²) in [5.41, 5.74) is 0.864. The number of carboxylic acids is 1. The zero-order valence-electron chi connectivity index (χ0n) is 8.93. The second kappa shape index (κ2) is 4.79. The minimum Gasteiger partial charge on any atom is -0.548 e. The van der Waals surface area contributed by atoms with Crippen LogP contribution in [-0.2, 0) is 4.79 Å². The van der Waals surface area contributed by atoms with Gasteiger partial charge in [-0.1, -0.05) is 18.2 Å². The number of aliphatic carboxylic acids is 1. The van der Waals surface area contributed by atoms with Gasteiger partial charge in [0.15, 0.2) is 0 Å². The van der Waals surface area contributed by atoms with Crippen molar-refractivity contribution in [3.63, 3.8) is 0 Å². The van der Waals surface area contributed by atoms with Crippen molar-refractivity contribution in [3.05, 3.63) is 30.3 Å². The van der Waals surface area contributed by atoms with E-state index in [1.807, 2.05) is 30.3 Å². The van der Waals surface area contributed by atoms with E-state index in [4.69, 9.17) is 0 Å². The quantitative estimate of drug-likeness (QED) is 0.743. The Morgan fingerprint density at radius 1 is 1.38 bits per heavy atom. The number of carbonyl (C=O) groups is 1. The third-order valence-corrected chi connectivity index (χ3v) is 2.53. The molecule has 2 rings (SSSR count). The van der Waals surface area contributed by atoms with E-state index >= 15 is 0 Å². The predicted octanol–water partition coefficient (Wildman–Crippen LogP) is 0.562. The van der Waals surface area contributed by atoms with Crippen molar-refractivity contribution >= 4 is 17.5 Å². The lowest BCUT2D eigenvalue weighted by Gasteiger charge is -2.19. The van der Waals surface area contributed by atoms with Gasteiger partial charge < -0.3 is 14.8 Å². The Kier molecular flexibility index (Phi) is 3.19. The van der Waals surface area contributed by atoms with Crippen molar-refractivity contribution < 1.29 is 9.90 Å². The molecule has 4 nitrogen and oxygen atoms in total. The first kappa shape index (κ1) is 10.7. The lowest BCUT2D eigenvalue weighted by atomic mass is 10.3. The Hall–Kier alpha value is -1.84. The van der Waals surface area contributed by atoms with E-state index in [-0.39, 0.29) is 6.54 Å². The average Bonchev–Trinajstić information content (AvgIpc) is 2.66. The molecule has 1 aliphatic rings. The van der Waals surface area contributed by atoms with Crippen LogP contribution in [0.25, 0.3) is 0 Å². The normalized spacial score (nSPS) is 18.0. The molecule has 16 heavy (non-hydrogen) atoms. The lowest BCUT2D eigenvalue weighted by Crippen LogP contribution is -2.38. The van der Waals surface area contributed by atoms with Crippen LogP contribution >= 0.6 is 0 Å². The first-order chi connectivity index (χ1) is 7.75. The van der Waals surface area contributed by atoms with E-state index in [0.29, 0.717) is 0 Å². The number of hydrogen-bond donors (Lipinski definition) is 0. The Balaban J connectivity index is 2.13. The van der Waals surface area contributed by atoms with E-state index < -0.39 is 5.97 Å². The molecule has 0 saturated carbocycles. The smallest absolute Gasteiger partial charge is 0.105 e. The predicted molar refractivity (Wildman–Crippen MR) is 59.4 cm³/mol. The van der Waals surface area contributed by atoms with Crippen molar-refractivity contribution in [1.29, 1.82) is 0 Å². The van der Waals surface area contributed by atoms with E-state index in [9.17, 15) is 9.90 Å². The number of likely N-dealkylation sites (tertiary alicyclic amines) is 1. The Morgan fingerprint density at radius 3 is 2.81 bits per heavy atom. The first-order valence-electron chi connectivity index (χ1n) is 5.33. The summed E-state index contributed by atoms with van der Waals surface area (Å²) in [6, 6.07) is 9.57. The maximum Gasteiger partial charge on any atom is 0.105 e. The van der Waals surface area contributed by atoms with Crippen LogP contribution in [-0.4, -0.2) is 29.8 Å². The van der Waals surface area contributed by atoms with Gasteiger partial charge in [-0.3, -0.25) is 0 Å². The molecule has 0 amide bonds. The molecule has 0 N–H and O–H groups in total. The lowest BCUT2D eigenvalue weighted by molar-refractivity contribution is -0.305. The van der Waals surface area contributed by atoms with Crippen LogP contribution < -0.4 is 5.11 Å². The van der Waals surface area contributed by atoms with E-state index in [2.05, 4.69) is 4.99 Å². The molecule has 1 aromatic carbocycles. The van der Waals surface area contributed by atoms with E-state index in [1.165, 1.54) is 0 Å². The number of benzene rings is 1. The Labute approximate surface area is 94.2 Å². The second-order valence-electron chi connectivity index (χ2n) is 3.76. The molecule has 0 spiro atoms. The number of rotatable bonds is 3. The minimum absolute atomic E-state index is 0.0638. The maximum atomic E-state index is 10.5. The summed E-state index contributed by atoms with van der Waals surface area (Å²) in [4.78, 5) is 16.8. The number of nitrogens with zero attached hydrogens (tertiary/aromatic N) is 2. The van der Waals surface area contributed by atoms with Gasteiger partial charge in [-0.05, 0) is 18.6 Å². The van der Waals surface area contributed by atoms with Crippen LogP contribution in [0.4, 0.5) is 5.69 Å². The number of hydrogen-bond acceptors (Lipinski definition) is 3. The number of carbonyl (C=O) groups excluding carboxylic acids is 1. The van der Waals surface area contributed by atoms with Gasteiger partial charge in [0.25, 0.3) is 0 Å². The summed E-state index contributed by atoms with van der Waals surface area (Å²) < 4.78 is 0. The highest BCUT2D eigenvalue weighted by Crippen LogP contribution is 2.17. The highest BCUT2D eigenvalue weighted by molar-refractivity contribution is 5.88. The zero-order chi connectivity index (χ0) is 11.4. The van der Waals surface area contributed by atoms with Gasteiger partial charge in [-0.25, -0.2) is 4.99 Å². The molecular formula is C12H13N2O2-. The van der Waals surface area contributed by atoms with Gasteiger partial charge in [0, 0.05) is 13.0 Å². The molecule has 1 fully saturated rings. The third-order valence-electron chi connectivity index (χ3n) is 2.53. The largest absolute Gasteiger partial charge is 0.548 e. The SMILES string of the molecule is O=C([O-])CN1CCCC1=Nc1ccccc1. The van der Waals surface area contributed by atoms with Crippen LogP contribution in [0.3, 0.4) is 0 Å². The van der Waals surface area contributed by atoms with Crippen LogP contribution in [0, 0.1) is 0 Å². The monoisotopic (exact) mass is 217 g/mol. The molecule has 0 bridgehead atoms. The van der Waals surface area contributed by atoms with Gasteiger partial charge in [-0.2, -0.15) is 0 Å². The van der Waals surface area contributed by atoms with Crippen molar-refractivity contribution in [2.75, 3.05) is 13.1 Å². The molecule has 0 aromatic heterocycles. The molecule has 1 heterocycles. The third kappa shape index (κ3) is 2.59. The van der Waals surface area contributed by atoms with Crippen molar-refractivity contribution in [2.24, 2.45) is 4.99 Å². The minimum atomic E-state index is -1.05. The Morgan fingerprint density at radius 2 is 2.12 bits per heavy atom. The summed E-state index contributed by atoms with van der Waals surface area (Å²) in [5, 5.41) is 10.5. The van der Waals surface area contributed by atoms with Crippen molar-refractivity contribution in [1.82, 2.24) is 4.90 Å². The fourth-order valence-electron chi connectivity index (χ4n) is 1.82. The molecule has 0 aliphatic carbocycles. The number of aliphatic imine (C=N–C) groups is 1. The average molecular weight is 217 g/mol. The number of carboxylic acid groups (broad SMARTS) is 1. The zero-order valence-corrected chi connectivity index (χ0v) is 8.93. The van der Waals surface area contributed by atoms with Gasteiger partial charge in [-0.15, -0.1) is 0 Å². The number of para-hydroxylation sites is 1. The van der Waals surface area contributed by atoms with E-state index in [0.717, 1.165) is 30.9 Å². The fourth-order valence-corrected chi connectivity index (χ4v) is 1.82. The highest BCUT2D eigenvalue weighted by Gasteiger charge is 2.18. The van der Waals surface area contributed by atoms with Gasteiger partial charge in [0.2, 0.25) is 0 Å². The maximum absolute atomic E-state index is 10.5. The number of amidine groups is 1. The standard InChI is InChI=1S/C12H14N2O2/c15-12(16)9-14-8-4-7-11(14)13-10-5-2-1-3-6-10/h1-3,5-6H,4,7-9H2,(H,15,16)/p-1. The summed E-state index contributed by atoms with van der Waals surface area (Å²) in [7, 11) is 0. The van der Waals surface area contributed by atoms with Crippen LogP contribution in [0.1, 0.15) is 12.8 Å². The molecule has 0 radical (unpaired) electrons. The van der Waals surface area contributed by atoms with Crippen LogP contribution in [0.5, 0.6) is 0 Å². The van der Waals surface area contributed by atoms with Crippen molar-refractivity contribution in [3.8, 4) is 0 Å². The summed E-state index contributed by atoms with van der Waals surface area (Å²) in [6.45, 7) is 0.686. The molecular weight excluding hydrogens is 204 g/mol. The molecule has 84 valence electrons. The molecule has 1 aliphatic heterocycles. The Bertz CT molecular complexity index is 401. The highest BCUT2D eigenvalue weighted by atomic mass is 16.4. The summed E-state index contributed by atoms with van der Waals surface area (Å²) in [6.07, 6.45) is 1.79. The summed E-state index contributed by atoms with van der Waals surface area (Å²) in [5.74, 6) is -0.210. The molecule has 1 aromatic rings.